The fourth-order valence-corrected chi connectivity index (χ4v) is 3.18. The van der Waals surface area contributed by atoms with Crippen molar-refractivity contribution < 1.29 is 14.3 Å². The first kappa shape index (κ1) is 19.2. The number of benzene rings is 2. The first-order valence-electron chi connectivity index (χ1n) is 9.22. The van der Waals surface area contributed by atoms with Gasteiger partial charge in [-0.05, 0) is 43.3 Å². The number of ether oxygens (including phenoxy) is 2. The number of methoxy groups -OCH3 is 1. The zero-order chi connectivity index (χ0) is 21.3. The number of hydrogen-bond acceptors (Lipinski definition) is 6. The highest BCUT2D eigenvalue weighted by atomic mass is 16.5. The summed E-state index contributed by atoms with van der Waals surface area (Å²) in [6.45, 7) is 2.27. The lowest BCUT2D eigenvalue weighted by Crippen LogP contribution is -2.16. The number of nitrogens with one attached hydrogen (secondary N) is 1. The fraction of sp³-hybridized carbons (Fsp3) is 0.143. The van der Waals surface area contributed by atoms with Gasteiger partial charge in [0.05, 0.1) is 19.4 Å². The Morgan fingerprint density at radius 1 is 1.13 bits per heavy atom. The van der Waals surface area contributed by atoms with Crippen LogP contribution >= 0.6 is 0 Å². The number of nitrogens with two attached hydrogens (primary N) is 1. The molecule has 2 heterocycles. The molecule has 9 nitrogen and oxygen atoms in total. The second kappa shape index (κ2) is 7.70. The number of fused-ring (bicyclic) bond motifs is 1. The molecule has 0 bridgehead atoms. The van der Waals surface area contributed by atoms with E-state index >= 15 is 0 Å². The van der Waals surface area contributed by atoms with E-state index in [1.54, 1.807) is 55.6 Å². The van der Waals surface area contributed by atoms with Crippen molar-refractivity contribution in [1.29, 1.82) is 0 Å². The van der Waals surface area contributed by atoms with Crippen molar-refractivity contribution in [3.63, 3.8) is 0 Å². The smallest absolute Gasteiger partial charge is 0.332 e. The normalized spacial score (nSPS) is 10.9. The molecule has 2 aromatic heterocycles. The van der Waals surface area contributed by atoms with E-state index in [0.29, 0.717) is 29.4 Å². The number of amides is 1. The molecule has 0 aliphatic rings. The van der Waals surface area contributed by atoms with Crippen molar-refractivity contribution in [3.05, 3.63) is 64.7 Å². The summed E-state index contributed by atoms with van der Waals surface area (Å²) in [4.78, 5) is 36.4. The SMILES string of the molecule is CCOc1ccccc1-n1c(=O)[nH]c2c(C(N)=O)nc(-c3ccc(OC)cc3)nc21. The van der Waals surface area contributed by atoms with Gasteiger partial charge in [0.15, 0.2) is 17.2 Å². The van der Waals surface area contributed by atoms with Crippen LogP contribution in [0.5, 0.6) is 11.5 Å². The number of carbonyl (C=O) groups is 1. The van der Waals surface area contributed by atoms with Gasteiger partial charge >= 0.3 is 5.69 Å². The third kappa shape index (κ3) is 3.26. The summed E-state index contributed by atoms with van der Waals surface area (Å²) in [5, 5.41) is 0. The Bertz CT molecular complexity index is 1290. The van der Waals surface area contributed by atoms with Gasteiger partial charge in [-0.1, -0.05) is 12.1 Å². The minimum Gasteiger partial charge on any atom is -0.497 e. The van der Waals surface area contributed by atoms with Gasteiger partial charge < -0.3 is 20.2 Å². The van der Waals surface area contributed by atoms with Crippen LogP contribution in [0.15, 0.2) is 53.3 Å². The van der Waals surface area contributed by atoms with Crippen LogP contribution in [0.1, 0.15) is 17.4 Å². The van der Waals surface area contributed by atoms with Crippen molar-refractivity contribution in [2.75, 3.05) is 13.7 Å². The van der Waals surface area contributed by atoms with Gasteiger partial charge in [-0.15, -0.1) is 0 Å². The summed E-state index contributed by atoms with van der Waals surface area (Å²) in [5.41, 5.74) is 6.50. The van der Waals surface area contributed by atoms with Gasteiger partial charge in [0.2, 0.25) is 0 Å². The van der Waals surface area contributed by atoms with Crippen molar-refractivity contribution in [1.82, 2.24) is 19.5 Å². The highest BCUT2D eigenvalue weighted by molar-refractivity contribution is 6.02. The summed E-state index contributed by atoms with van der Waals surface area (Å²) in [5.74, 6) is 0.650. The Labute approximate surface area is 171 Å². The summed E-state index contributed by atoms with van der Waals surface area (Å²) in [6, 6.07) is 14.1. The van der Waals surface area contributed by atoms with E-state index in [-0.39, 0.29) is 22.7 Å². The molecule has 0 aliphatic heterocycles. The minimum absolute atomic E-state index is 0.0736. The summed E-state index contributed by atoms with van der Waals surface area (Å²) < 4.78 is 12.2. The molecular weight excluding hydrogens is 386 g/mol. The molecular formula is C21H19N5O4. The Morgan fingerprint density at radius 2 is 1.87 bits per heavy atom. The van der Waals surface area contributed by atoms with E-state index in [9.17, 15) is 9.59 Å². The number of para-hydroxylation sites is 2. The van der Waals surface area contributed by atoms with Crippen molar-refractivity contribution >= 4 is 17.1 Å². The Hall–Kier alpha value is -4.14. The van der Waals surface area contributed by atoms with Gasteiger partial charge in [0.25, 0.3) is 5.91 Å². The predicted octanol–water partition coefficient (Wildman–Crippen LogP) is 2.28. The van der Waals surface area contributed by atoms with E-state index < -0.39 is 11.6 Å². The first-order valence-corrected chi connectivity index (χ1v) is 9.22. The van der Waals surface area contributed by atoms with Crippen LogP contribution in [-0.4, -0.2) is 39.1 Å². The molecule has 0 saturated heterocycles. The quantitative estimate of drug-likeness (QED) is 0.507. The molecule has 2 aromatic carbocycles. The largest absolute Gasteiger partial charge is 0.497 e. The lowest BCUT2D eigenvalue weighted by Gasteiger charge is -2.11. The lowest BCUT2D eigenvalue weighted by molar-refractivity contribution is 0.0997. The molecule has 1 amide bonds. The highest BCUT2D eigenvalue weighted by Gasteiger charge is 2.21. The molecule has 0 unspecified atom stereocenters. The van der Waals surface area contributed by atoms with Crippen LogP contribution < -0.4 is 20.9 Å². The van der Waals surface area contributed by atoms with E-state index in [0.717, 1.165) is 0 Å². The number of hydrogen-bond donors (Lipinski definition) is 2. The summed E-state index contributed by atoms with van der Waals surface area (Å²) in [6.07, 6.45) is 0. The molecule has 30 heavy (non-hydrogen) atoms. The molecule has 4 rings (SSSR count). The number of rotatable bonds is 6. The van der Waals surface area contributed by atoms with Crippen molar-refractivity contribution in [2.24, 2.45) is 5.73 Å². The molecule has 0 atom stereocenters. The predicted molar refractivity (Wildman–Crippen MR) is 111 cm³/mol. The number of primary amides is 1. The van der Waals surface area contributed by atoms with Crippen LogP contribution in [0, 0.1) is 0 Å². The van der Waals surface area contributed by atoms with Crippen LogP contribution in [0.25, 0.3) is 28.2 Å². The molecule has 0 radical (unpaired) electrons. The van der Waals surface area contributed by atoms with E-state index in [4.69, 9.17) is 15.2 Å². The summed E-state index contributed by atoms with van der Waals surface area (Å²) in [7, 11) is 1.57. The lowest BCUT2D eigenvalue weighted by atomic mass is 10.2. The second-order valence-corrected chi connectivity index (χ2v) is 6.35. The van der Waals surface area contributed by atoms with Crippen LogP contribution in [-0.2, 0) is 0 Å². The van der Waals surface area contributed by atoms with E-state index in [1.807, 2.05) is 6.92 Å². The molecule has 0 fully saturated rings. The zero-order valence-electron chi connectivity index (χ0n) is 16.4. The molecule has 0 saturated carbocycles. The zero-order valence-corrected chi connectivity index (χ0v) is 16.4. The maximum absolute atomic E-state index is 12.8. The number of aromatic nitrogens is 4. The number of carbonyl (C=O) groups excluding carboxylic acids is 1. The first-order chi connectivity index (χ1) is 14.5. The van der Waals surface area contributed by atoms with Gasteiger partial charge in [0.1, 0.15) is 17.0 Å². The number of imidazole rings is 1. The van der Waals surface area contributed by atoms with Gasteiger partial charge in [-0.3, -0.25) is 4.79 Å². The molecule has 9 heteroatoms. The van der Waals surface area contributed by atoms with E-state index in [2.05, 4.69) is 15.0 Å². The maximum atomic E-state index is 12.8. The molecule has 4 aromatic rings. The average Bonchev–Trinajstić information content (AvgIpc) is 3.09. The molecule has 3 N–H and O–H groups in total. The molecule has 0 aliphatic carbocycles. The van der Waals surface area contributed by atoms with Crippen molar-refractivity contribution in [3.8, 4) is 28.6 Å². The second-order valence-electron chi connectivity index (χ2n) is 6.35. The van der Waals surface area contributed by atoms with E-state index in [1.165, 1.54) is 4.57 Å². The fourth-order valence-electron chi connectivity index (χ4n) is 3.18. The number of H-pyrrole nitrogens is 1. The number of aromatic amines is 1. The minimum atomic E-state index is -0.774. The van der Waals surface area contributed by atoms with Crippen LogP contribution in [0.2, 0.25) is 0 Å². The highest BCUT2D eigenvalue weighted by Crippen LogP contribution is 2.27. The van der Waals surface area contributed by atoms with Gasteiger partial charge in [-0.25, -0.2) is 19.3 Å². The van der Waals surface area contributed by atoms with Crippen LogP contribution in [0.3, 0.4) is 0 Å². The Kier molecular flexibility index (Phi) is 4.93. The van der Waals surface area contributed by atoms with Crippen molar-refractivity contribution in [2.45, 2.75) is 6.92 Å². The van der Waals surface area contributed by atoms with Crippen LogP contribution in [0.4, 0.5) is 0 Å². The monoisotopic (exact) mass is 405 g/mol. The number of nitrogens with zero attached hydrogens (tertiary/aromatic N) is 3. The molecule has 0 spiro atoms. The maximum Gasteiger partial charge on any atom is 0.332 e. The topological polar surface area (TPSA) is 125 Å². The van der Waals surface area contributed by atoms with Gasteiger partial charge in [0, 0.05) is 5.56 Å². The third-order valence-electron chi connectivity index (χ3n) is 4.52. The Balaban J connectivity index is 2.01. The van der Waals surface area contributed by atoms with Gasteiger partial charge in [-0.2, -0.15) is 0 Å². The standard InChI is InChI=1S/C21H19N5O4/c1-3-30-15-7-5-4-6-14(15)26-20-17(24-21(26)28)16(18(22)27)23-19(25-20)12-8-10-13(29-2)11-9-12/h4-11H,3H2,1-2H3,(H2,22,27)(H,24,28). The third-order valence-corrected chi connectivity index (χ3v) is 4.52. The summed E-state index contributed by atoms with van der Waals surface area (Å²) >= 11 is 0. The Morgan fingerprint density at radius 3 is 2.53 bits per heavy atom. The molecule has 152 valence electrons. The average molecular weight is 405 g/mol.